The van der Waals surface area contributed by atoms with Gasteiger partial charge in [-0.25, -0.2) is 9.97 Å². The van der Waals surface area contributed by atoms with Crippen LogP contribution >= 0.6 is 22.6 Å². The Morgan fingerprint density at radius 3 is 2.67 bits per heavy atom. The third-order valence-corrected chi connectivity index (χ3v) is 6.68. The fourth-order valence-corrected chi connectivity index (χ4v) is 4.37. The number of likely N-dealkylation sites (N-methyl/N-ethyl adjacent to an activating group) is 1. The molecule has 0 bridgehead atoms. The summed E-state index contributed by atoms with van der Waals surface area (Å²) in [6.07, 6.45) is 3.53. The number of anilines is 2. The number of rotatable bonds is 5. The predicted octanol–water partition coefficient (Wildman–Crippen LogP) is 4.09. The lowest BCUT2D eigenvalue weighted by molar-refractivity contribution is 0.0659. The highest BCUT2D eigenvalue weighted by Gasteiger charge is 2.21. The first-order chi connectivity index (χ1) is 16.1. The van der Waals surface area contributed by atoms with Crippen LogP contribution in [0.2, 0.25) is 0 Å². The molecule has 1 fully saturated rings. The summed E-state index contributed by atoms with van der Waals surface area (Å²) in [5, 5.41) is 4.24. The van der Waals surface area contributed by atoms with Crippen molar-refractivity contribution in [1.29, 1.82) is 0 Å². The smallest absolute Gasteiger partial charge is 0.270 e. The Labute approximate surface area is 205 Å². The maximum atomic E-state index is 12.9. The minimum absolute atomic E-state index is 0.0473. The third-order valence-electron chi connectivity index (χ3n) is 5.79. The van der Waals surface area contributed by atoms with E-state index in [1.165, 1.54) is 5.56 Å². The van der Waals surface area contributed by atoms with Gasteiger partial charge in [0.2, 0.25) is 5.95 Å². The van der Waals surface area contributed by atoms with E-state index < -0.39 is 0 Å². The van der Waals surface area contributed by atoms with Crippen molar-refractivity contribution < 1.29 is 4.79 Å². The Morgan fingerprint density at radius 2 is 1.85 bits per heavy atom. The van der Waals surface area contributed by atoms with E-state index in [0.29, 0.717) is 11.6 Å². The van der Waals surface area contributed by atoms with Gasteiger partial charge in [-0.2, -0.15) is 0 Å². The number of carbonyl (C=O) groups is 1. The van der Waals surface area contributed by atoms with Gasteiger partial charge in [0, 0.05) is 59.6 Å². The number of pyridine rings is 1. The molecule has 3 aromatic heterocycles. The monoisotopic (exact) mass is 553 g/mol. The average Bonchev–Trinajstić information content (AvgIpc) is 3.28. The number of halogens is 1. The van der Waals surface area contributed by atoms with Crippen molar-refractivity contribution >= 4 is 51.0 Å². The maximum absolute atomic E-state index is 12.9. The van der Waals surface area contributed by atoms with E-state index in [2.05, 4.69) is 59.8 Å². The van der Waals surface area contributed by atoms with E-state index >= 15 is 0 Å². The lowest BCUT2D eigenvalue weighted by atomic mass is 10.2. The largest absolute Gasteiger partial charge is 0.351 e. The normalized spacial score (nSPS) is 14.5. The number of nitrogens with one attached hydrogen (secondary N) is 2. The van der Waals surface area contributed by atoms with Crippen molar-refractivity contribution in [3.8, 4) is 11.4 Å². The third kappa shape index (κ3) is 4.83. The number of aromatic nitrogens is 4. The van der Waals surface area contributed by atoms with E-state index in [-0.39, 0.29) is 5.91 Å². The van der Waals surface area contributed by atoms with E-state index in [0.717, 1.165) is 58.6 Å². The number of nitrogens with zero attached hydrogens (tertiary/aromatic N) is 5. The number of benzene rings is 1. The van der Waals surface area contributed by atoms with Gasteiger partial charge in [0.1, 0.15) is 5.69 Å². The Kier molecular flexibility index (Phi) is 6.23. The average molecular weight is 553 g/mol. The summed E-state index contributed by atoms with van der Waals surface area (Å²) in [6, 6.07) is 13.7. The Balaban J connectivity index is 1.35. The molecule has 0 radical (unpaired) electrons. The molecule has 4 aromatic rings. The maximum Gasteiger partial charge on any atom is 0.270 e. The Morgan fingerprint density at radius 1 is 1.03 bits per heavy atom. The van der Waals surface area contributed by atoms with Crippen LogP contribution in [0, 0.1) is 0 Å². The first-order valence-corrected chi connectivity index (χ1v) is 12.3. The summed E-state index contributed by atoms with van der Waals surface area (Å²) in [5.74, 6) is 0.545. The molecule has 8 nitrogen and oxygen atoms in total. The second-order valence-electron chi connectivity index (χ2n) is 8.15. The van der Waals surface area contributed by atoms with Crippen LogP contribution in [0.4, 0.5) is 11.6 Å². The molecular formula is C24H24IN7O. The molecule has 1 saturated heterocycles. The lowest BCUT2D eigenvalue weighted by Crippen LogP contribution is -2.47. The zero-order chi connectivity index (χ0) is 22.8. The van der Waals surface area contributed by atoms with Gasteiger partial charge in [-0.15, -0.1) is 0 Å². The van der Waals surface area contributed by atoms with Gasteiger partial charge in [-0.05, 0) is 55.1 Å². The standard InChI is InChI=1S/C24H24IN7O/c1-31-8-10-32(11-9-31)23(33)22-14-17-13-18(2-3-19(17)29-22)28-24-27-7-5-20(30-24)21-12-16(15-25)4-6-26-21/h2-7,12-14,29H,8-11,15H2,1H3,(H,27,28,30). The van der Waals surface area contributed by atoms with Gasteiger partial charge in [0.05, 0.1) is 11.4 Å². The Hall–Kier alpha value is -3.05. The summed E-state index contributed by atoms with van der Waals surface area (Å²) < 4.78 is 0.916. The quantitative estimate of drug-likeness (QED) is 0.286. The molecule has 0 saturated carbocycles. The van der Waals surface area contributed by atoms with Crippen LogP contribution in [0.25, 0.3) is 22.3 Å². The molecule has 4 heterocycles. The highest BCUT2D eigenvalue weighted by Crippen LogP contribution is 2.24. The highest BCUT2D eigenvalue weighted by molar-refractivity contribution is 14.1. The molecular weight excluding hydrogens is 529 g/mol. The first kappa shape index (κ1) is 21.8. The van der Waals surface area contributed by atoms with Gasteiger partial charge >= 0.3 is 0 Å². The van der Waals surface area contributed by atoms with Crippen LogP contribution in [0.15, 0.2) is 54.9 Å². The highest BCUT2D eigenvalue weighted by atomic mass is 127. The number of hydrogen-bond acceptors (Lipinski definition) is 6. The van der Waals surface area contributed by atoms with Crippen LogP contribution in [0.1, 0.15) is 16.1 Å². The van der Waals surface area contributed by atoms with Crippen molar-refractivity contribution in [3.63, 3.8) is 0 Å². The number of hydrogen-bond donors (Lipinski definition) is 2. The van der Waals surface area contributed by atoms with Crippen molar-refractivity contribution in [2.45, 2.75) is 4.43 Å². The van der Waals surface area contributed by atoms with Crippen molar-refractivity contribution in [2.24, 2.45) is 0 Å². The minimum Gasteiger partial charge on any atom is -0.351 e. The summed E-state index contributed by atoms with van der Waals surface area (Å²) in [5.41, 5.74) is 5.18. The summed E-state index contributed by atoms with van der Waals surface area (Å²) >= 11 is 2.34. The number of aromatic amines is 1. The predicted molar refractivity (Wildman–Crippen MR) is 138 cm³/mol. The fraction of sp³-hybridized carbons (Fsp3) is 0.250. The number of carbonyl (C=O) groups excluding carboxylic acids is 1. The number of alkyl halides is 1. The number of amides is 1. The van der Waals surface area contributed by atoms with Crippen molar-refractivity contribution in [3.05, 3.63) is 66.1 Å². The molecule has 2 N–H and O–H groups in total. The van der Waals surface area contributed by atoms with Crippen molar-refractivity contribution in [1.82, 2.24) is 29.7 Å². The van der Waals surface area contributed by atoms with Crippen molar-refractivity contribution in [2.75, 3.05) is 38.5 Å². The SMILES string of the molecule is CN1CCN(C(=O)c2cc3cc(Nc4nccc(-c5cc(CI)ccn5)n4)ccc3[nH]2)CC1. The van der Waals surface area contributed by atoms with Gasteiger partial charge in [-0.1, -0.05) is 22.6 Å². The molecule has 1 aliphatic rings. The topological polar surface area (TPSA) is 90.0 Å². The summed E-state index contributed by atoms with van der Waals surface area (Å²) in [6.45, 7) is 3.30. The molecule has 0 atom stereocenters. The molecule has 33 heavy (non-hydrogen) atoms. The molecule has 0 unspecified atom stereocenters. The van der Waals surface area contributed by atoms with Crippen LogP contribution < -0.4 is 5.32 Å². The first-order valence-electron chi connectivity index (χ1n) is 10.8. The molecule has 168 valence electrons. The summed E-state index contributed by atoms with van der Waals surface area (Å²) in [7, 11) is 2.08. The lowest BCUT2D eigenvalue weighted by Gasteiger charge is -2.32. The van der Waals surface area contributed by atoms with Gasteiger partial charge in [0.15, 0.2) is 0 Å². The number of piperazine rings is 1. The summed E-state index contributed by atoms with van der Waals surface area (Å²) in [4.78, 5) is 33.7. The van der Waals surface area contributed by atoms with E-state index in [4.69, 9.17) is 0 Å². The number of H-pyrrole nitrogens is 1. The molecule has 0 aliphatic carbocycles. The number of fused-ring (bicyclic) bond motifs is 1. The van der Waals surface area contributed by atoms with E-state index in [9.17, 15) is 4.79 Å². The zero-order valence-electron chi connectivity index (χ0n) is 18.3. The minimum atomic E-state index is 0.0473. The molecule has 5 rings (SSSR count). The van der Waals surface area contributed by atoms with E-state index in [1.54, 1.807) is 12.4 Å². The van der Waals surface area contributed by atoms with Gasteiger partial charge in [-0.3, -0.25) is 9.78 Å². The molecule has 1 aromatic carbocycles. The van der Waals surface area contributed by atoms with Gasteiger partial charge < -0.3 is 20.1 Å². The molecule has 9 heteroatoms. The molecule has 1 amide bonds. The second kappa shape index (κ2) is 9.44. The Bertz CT molecular complexity index is 1300. The van der Waals surface area contributed by atoms with Crippen LogP contribution in [0.3, 0.4) is 0 Å². The fourth-order valence-electron chi connectivity index (χ4n) is 3.89. The molecule has 1 aliphatic heterocycles. The van der Waals surface area contributed by atoms with Crippen LogP contribution in [0.5, 0.6) is 0 Å². The molecule has 0 spiro atoms. The second-order valence-corrected chi connectivity index (χ2v) is 8.92. The van der Waals surface area contributed by atoms with Gasteiger partial charge in [0.25, 0.3) is 5.91 Å². The van der Waals surface area contributed by atoms with Crippen LogP contribution in [-0.2, 0) is 4.43 Å². The zero-order valence-corrected chi connectivity index (χ0v) is 20.4. The van der Waals surface area contributed by atoms with Crippen LogP contribution in [-0.4, -0.2) is 68.9 Å². The van der Waals surface area contributed by atoms with E-state index in [1.807, 2.05) is 47.4 Å².